The first-order valence-corrected chi connectivity index (χ1v) is 7.60. The Balaban J connectivity index is 1.92. The van der Waals surface area contributed by atoms with E-state index in [0.717, 1.165) is 11.3 Å². The fraction of sp³-hybridized carbons (Fsp3) is 0.158. The fourth-order valence-electron chi connectivity index (χ4n) is 2.74. The van der Waals surface area contributed by atoms with Crippen LogP contribution >= 0.6 is 0 Å². The van der Waals surface area contributed by atoms with Crippen LogP contribution in [-0.4, -0.2) is 17.9 Å². The fourth-order valence-corrected chi connectivity index (χ4v) is 2.74. The van der Waals surface area contributed by atoms with Crippen molar-refractivity contribution < 1.29 is 9.59 Å². The maximum Gasteiger partial charge on any atom is 0.251 e. The Morgan fingerprint density at radius 2 is 1.83 bits per heavy atom. The number of para-hydroxylation sites is 2. The molecule has 4 heteroatoms. The molecular weight excluding hydrogens is 288 g/mol. The van der Waals surface area contributed by atoms with Crippen molar-refractivity contribution in [2.24, 2.45) is 0 Å². The maximum absolute atomic E-state index is 12.7. The summed E-state index contributed by atoms with van der Waals surface area (Å²) in [4.78, 5) is 26.3. The third kappa shape index (κ3) is 3.31. The summed E-state index contributed by atoms with van der Waals surface area (Å²) in [6.07, 6.45) is 3.62. The van der Waals surface area contributed by atoms with E-state index in [1.807, 2.05) is 61.5 Å². The molecule has 0 unspecified atom stereocenters. The van der Waals surface area contributed by atoms with Gasteiger partial charge in [-0.3, -0.25) is 9.59 Å². The van der Waals surface area contributed by atoms with Gasteiger partial charge in [-0.15, -0.1) is 0 Å². The highest BCUT2D eigenvalue weighted by molar-refractivity contribution is 6.09. The highest BCUT2D eigenvalue weighted by Gasteiger charge is 2.28. The highest BCUT2D eigenvalue weighted by atomic mass is 16.2. The van der Waals surface area contributed by atoms with Crippen LogP contribution in [0.15, 0.2) is 60.7 Å². The SMILES string of the molecule is C[C@@H]1CC(=O)Nc2ccccc2N1C(=O)/C=C/c1ccccc1. The molecule has 0 saturated carbocycles. The van der Waals surface area contributed by atoms with E-state index in [1.54, 1.807) is 17.1 Å². The number of nitrogens with zero attached hydrogens (tertiary/aromatic N) is 1. The minimum atomic E-state index is -0.202. The minimum Gasteiger partial charge on any atom is -0.324 e. The topological polar surface area (TPSA) is 49.4 Å². The van der Waals surface area contributed by atoms with Gasteiger partial charge in [-0.1, -0.05) is 42.5 Å². The molecule has 2 aromatic carbocycles. The Morgan fingerprint density at radius 1 is 1.13 bits per heavy atom. The number of amides is 2. The summed E-state index contributed by atoms with van der Waals surface area (Å²) in [5.41, 5.74) is 2.36. The molecule has 0 fully saturated rings. The van der Waals surface area contributed by atoms with E-state index in [9.17, 15) is 9.59 Å². The Labute approximate surface area is 135 Å². The zero-order valence-corrected chi connectivity index (χ0v) is 12.9. The molecule has 2 amide bonds. The quantitative estimate of drug-likeness (QED) is 0.864. The number of carbonyl (C=O) groups excluding carboxylic acids is 2. The molecule has 1 aliphatic rings. The van der Waals surface area contributed by atoms with Crippen molar-refractivity contribution in [3.63, 3.8) is 0 Å². The number of hydrogen-bond donors (Lipinski definition) is 1. The van der Waals surface area contributed by atoms with Gasteiger partial charge in [0.1, 0.15) is 0 Å². The number of benzene rings is 2. The third-order valence-electron chi connectivity index (χ3n) is 3.81. The average Bonchev–Trinajstić information content (AvgIpc) is 2.68. The van der Waals surface area contributed by atoms with Crippen molar-refractivity contribution >= 4 is 29.3 Å². The van der Waals surface area contributed by atoms with E-state index in [-0.39, 0.29) is 24.3 Å². The van der Waals surface area contributed by atoms with Gasteiger partial charge in [0.25, 0.3) is 5.91 Å². The van der Waals surface area contributed by atoms with Gasteiger partial charge in [-0.25, -0.2) is 0 Å². The smallest absolute Gasteiger partial charge is 0.251 e. The van der Waals surface area contributed by atoms with Gasteiger partial charge in [0.05, 0.1) is 11.4 Å². The van der Waals surface area contributed by atoms with Gasteiger partial charge in [-0.05, 0) is 30.7 Å². The van der Waals surface area contributed by atoms with Crippen LogP contribution in [0.1, 0.15) is 18.9 Å². The predicted molar refractivity (Wildman–Crippen MR) is 92.1 cm³/mol. The molecule has 0 radical (unpaired) electrons. The van der Waals surface area contributed by atoms with Gasteiger partial charge in [0, 0.05) is 18.5 Å². The van der Waals surface area contributed by atoms with Gasteiger partial charge in [-0.2, -0.15) is 0 Å². The van der Waals surface area contributed by atoms with Crippen molar-refractivity contribution in [3.05, 3.63) is 66.2 Å². The summed E-state index contributed by atoms with van der Waals surface area (Å²) in [6, 6.07) is 16.8. The Kier molecular flexibility index (Phi) is 4.24. The Hall–Kier alpha value is -2.88. The van der Waals surface area contributed by atoms with Crippen LogP contribution < -0.4 is 10.2 Å². The van der Waals surface area contributed by atoms with E-state index < -0.39 is 0 Å². The lowest BCUT2D eigenvalue weighted by molar-refractivity contribution is -0.116. The van der Waals surface area contributed by atoms with Crippen molar-refractivity contribution in [2.45, 2.75) is 19.4 Å². The van der Waals surface area contributed by atoms with Crippen molar-refractivity contribution in [2.75, 3.05) is 10.2 Å². The number of rotatable bonds is 2. The van der Waals surface area contributed by atoms with E-state index in [2.05, 4.69) is 5.32 Å². The molecular formula is C19H18N2O2. The van der Waals surface area contributed by atoms with Crippen LogP contribution in [0.2, 0.25) is 0 Å². The van der Waals surface area contributed by atoms with Crippen LogP contribution in [0.3, 0.4) is 0 Å². The second-order valence-electron chi connectivity index (χ2n) is 5.57. The van der Waals surface area contributed by atoms with Crippen molar-refractivity contribution in [1.29, 1.82) is 0 Å². The molecule has 116 valence electrons. The second-order valence-corrected chi connectivity index (χ2v) is 5.57. The second kappa shape index (κ2) is 6.48. The van der Waals surface area contributed by atoms with Crippen LogP contribution in [0.5, 0.6) is 0 Å². The number of anilines is 2. The standard InChI is InChI=1S/C19H18N2O2/c1-14-13-18(22)20-16-9-5-6-10-17(16)21(14)19(23)12-11-15-7-3-2-4-8-15/h2-12,14H,13H2,1H3,(H,20,22)/b12-11+/t14-/m1/s1. The minimum absolute atomic E-state index is 0.0766. The summed E-state index contributed by atoms with van der Waals surface area (Å²) in [5, 5.41) is 2.85. The normalized spacial score (nSPS) is 17.5. The monoisotopic (exact) mass is 306 g/mol. The number of nitrogens with one attached hydrogen (secondary N) is 1. The first-order valence-electron chi connectivity index (χ1n) is 7.60. The number of carbonyl (C=O) groups is 2. The Bertz CT molecular complexity index is 753. The van der Waals surface area contributed by atoms with Gasteiger partial charge < -0.3 is 10.2 Å². The lowest BCUT2D eigenvalue weighted by Crippen LogP contribution is -2.37. The largest absolute Gasteiger partial charge is 0.324 e. The van der Waals surface area contributed by atoms with Gasteiger partial charge in [0.2, 0.25) is 5.91 Å². The number of fused-ring (bicyclic) bond motifs is 1. The molecule has 1 N–H and O–H groups in total. The van der Waals surface area contributed by atoms with Crippen molar-refractivity contribution in [1.82, 2.24) is 0 Å². The van der Waals surface area contributed by atoms with Crippen LogP contribution in [0.25, 0.3) is 6.08 Å². The van der Waals surface area contributed by atoms with E-state index >= 15 is 0 Å². The van der Waals surface area contributed by atoms with Gasteiger partial charge >= 0.3 is 0 Å². The molecule has 1 heterocycles. The zero-order chi connectivity index (χ0) is 16.2. The van der Waals surface area contributed by atoms with Crippen LogP contribution in [0, 0.1) is 0 Å². The summed E-state index contributed by atoms with van der Waals surface area (Å²) < 4.78 is 0. The molecule has 0 aromatic heterocycles. The summed E-state index contributed by atoms with van der Waals surface area (Å²) in [5.74, 6) is -0.211. The first kappa shape index (κ1) is 15.0. The summed E-state index contributed by atoms with van der Waals surface area (Å²) >= 11 is 0. The average molecular weight is 306 g/mol. The lowest BCUT2D eigenvalue weighted by Gasteiger charge is -2.26. The molecule has 0 aliphatic carbocycles. The number of hydrogen-bond acceptors (Lipinski definition) is 2. The molecule has 1 atom stereocenters. The first-order chi connectivity index (χ1) is 11.1. The summed E-state index contributed by atoms with van der Waals surface area (Å²) in [6.45, 7) is 1.88. The molecule has 0 bridgehead atoms. The van der Waals surface area contributed by atoms with Crippen LogP contribution in [-0.2, 0) is 9.59 Å². The van der Waals surface area contributed by atoms with E-state index in [0.29, 0.717) is 5.69 Å². The Morgan fingerprint density at radius 3 is 2.61 bits per heavy atom. The highest BCUT2D eigenvalue weighted by Crippen LogP contribution is 2.31. The lowest BCUT2D eigenvalue weighted by atomic mass is 10.1. The molecule has 0 spiro atoms. The molecule has 0 saturated heterocycles. The molecule has 2 aromatic rings. The summed E-state index contributed by atoms with van der Waals surface area (Å²) in [7, 11) is 0. The van der Waals surface area contributed by atoms with E-state index in [4.69, 9.17) is 0 Å². The predicted octanol–water partition coefficient (Wildman–Crippen LogP) is 3.46. The molecule has 1 aliphatic heterocycles. The van der Waals surface area contributed by atoms with Crippen molar-refractivity contribution in [3.8, 4) is 0 Å². The zero-order valence-electron chi connectivity index (χ0n) is 12.9. The van der Waals surface area contributed by atoms with Gasteiger partial charge in [0.15, 0.2) is 0 Å². The molecule has 4 nitrogen and oxygen atoms in total. The van der Waals surface area contributed by atoms with Crippen LogP contribution in [0.4, 0.5) is 11.4 Å². The molecule has 23 heavy (non-hydrogen) atoms. The third-order valence-corrected chi connectivity index (χ3v) is 3.81. The molecule has 3 rings (SSSR count). The maximum atomic E-state index is 12.7. The van der Waals surface area contributed by atoms with E-state index in [1.165, 1.54) is 0 Å².